The molecule has 0 amide bonds. The number of rotatable bonds is 3. The standard InChI is InChI=1S/C8H13BrN2S/c1-6-5-12-8(10-6)11(3)7(2)4-9/h5,7H,4H2,1-3H3. The van der Waals surface area contributed by atoms with Crippen LogP contribution in [-0.4, -0.2) is 23.4 Å². The molecule has 1 aromatic heterocycles. The number of halogens is 1. The third-order valence-corrected chi connectivity index (χ3v) is 3.78. The third-order valence-electron chi connectivity index (χ3n) is 1.79. The lowest BCUT2D eigenvalue weighted by Crippen LogP contribution is -2.29. The smallest absolute Gasteiger partial charge is 0.185 e. The van der Waals surface area contributed by atoms with E-state index in [0.717, 1.165) is 16.2 Å². The Morgan fingerprint density at radius 2 is 2.42 bits per heavy atom. The summed E-state index contributed by atoms with van der Waals surface area (Å²) in [5.41, 5.74) is 1.10. The molecule has 2 nitrogen and oxygen atoms in total. The van der Waals surface area contributed by atoms with E-state index in [2.05, 4.69) is 45.2 Å². The van der Waals surface area contributed by atoms with Crippen molar-refractivity contribution in [3.8, 4) is 0 Å². The fourth-order valence-corrected chi connectivity index (χ4v) is 2.10. The first-order valence-corrected chi connectivity index (χ1v) is 5.86. The van der Waals surface area contributed by atoms with Gasteiger partial charge in [-0.05, 0) is 13.8 Å². The van der Waals surface area contributed by atoms with Crippen molar-refractivity contribution in [2.75, 3.05) is 17.3 Å². The molecule has 0 saturated carbocycles. The second-order valence-corrected chi connectivity index (χ2v) is 4.37. The quantitative estimate of drug-likeness (QED) is 0.765. The van der Waals surface area contributed by atoms with E-state index in [1.54, 1.807) is 11.3 Å². The highest BCUT2D eigenvalue weighted by atomic mass is 79.9. The minimum Gasteiger partial charge on any atom is -0.348 e. The van der Waals surface area contributed by atoms with Gasteiger partial charge in [0.15, 0.2) is 5.13 Å². The summed E-state index contributed by atoms with van der Waals surface area (Å²) >= 11 is 5.15. The minimum atomic E-state index is 0.496. The molecule has 0 saturated heterocycles. The predicted molar refractivity (Wildman–Crippen MR) is 58.5 cm³/mol. The van der Waals surface area contributed by atoms with Gasteiger partial charge in [-0.25, -0.2) is 4.98 Å². The van der Waals surface area contributed by atoms with Crippen LogP contribution >= 0.6 is 27.3 Å². The van der Waals surface area contributed by atoms with Crippen LogP contribution in [0.2, 0.25) is 0 Å². The zero-order valence-electron chi connectivity index (χ0n) is 7.54. The van der Waals surface area contributed by atoms with Crippen LogP contribution in [0.3, 0.4) is 0 Å². The normalized spacial score (nSPS) is 13.0. The molecule has 0 aliphatic heterocycles. The first kappa shape index (κ1) is 9.99. The summed E-state index contributed by atoms with van der Waals surface area (Å²) in [6, 6.07) is 0.496. The van der Waals surface area contributed by atoms with E-state index >= 15 is 0 Å². The lowest BCUT2D eigenvalue weighted by molar-refractivity contribution is 0.765. The van der Waals surface area contributed by atoms with Gasteiger partial charge in [0.25, 0.3) is 0 Å². The Kier molecular flexibility index (Phi) is 3.53. The van der Waals surface area contributed by atoms with E-state index in [-0.39, 0.29) is 0 Å². The minimum absolute atomic E-state index is 0.496. The van der Waals surface area contributed by atoms with E-state index in [4.69, 9.17) is 0 Å². The fraction of sp³-hybridized carbons (Fsp3) is 0.625. The van der Waals surface area contributed by atoms with Crippen molar-refractivity contribution < 1.29 is 0 Å². The Morgan fingerprint density at radius 3 is 2.83 bits per heavy atom. The number of thiazole rings is 1. The maximum Gasteiger partial charge on any atom is 0.185 e. The van der Waals surface area contributed by atoms with Crippen LogP contribution in [0, 0.1) is 6.92 Å². The Hall–Kier alpha value is -0.0900. The Morgan fingerprint density at radius 1 is 1.75 bits per heavy atom. The van der Waals surface area contributed by atoms with Gasteiger partial charge in [0.05, 0.1) is 5.69 Å². The predicted octanol–water partition coefficient (Wildman–Crippen LogP) is 2.67. The van der Waals surface area contributed by atoms with Gasteiger partial charge in [0, 0.05) is 23.8 Å². The van der Waals surface area contributed by atoms with Crippen molar-refractivity contribution in [3.63, 3.8) is 0 Å². The molecule has 0 spiro atoms. The molecule has 0 fully saturated rings. The molecule has 4 heteroatoms. The van der Waals surface area contributed by atoms with E-state index in [9.17, 15) is 0 Å². The van der Waals surface area contributed by atoms with Crippen molar-refractivity contribution in [2.24, 2.45) is 0 Å². The number of aryl methyl sites for hydroxylation is 1. The van der Waals surface area contributed by atoms with E-state index in [0.29, 0.717) is 6.04 Å². The average molecular weight is 249 g/mol. The molecule has 0 aliphatic carbocycles. The van der Waals surface area contributed by atoms with Crippen LogP contribution in [0.4, 0.5) is 5.13 Å². The van der Waals surface area contributed by atoms with Crippen molar-refractivity contribution in [1.29, 1.82) is 0 Å². The molecule has 12 heavy (non-hydrogen) atoms. The number of hydrogen-bond acceptors (Lipinski definition) is 3. The molecule has 0 bridgehead atoms. The van der Waals surface area contributed by atoms with Gasteiger partial charge in [0.2, 0.25) is 0 Å². The van der Waals surface area contributed by atoms with Crippen LogP contribution in [0.5, 0.6) is 0 Å². The zero-order valence-corrected chi connectivity index (χ0v) is 9.94. The molecule has 0 N–H and O–H groups in total. The van der Waals surface area contributed by atoms with Gasteiger partial charge in [-0.15, -0.1) is 11.3 Å². The average Bonchev–Trinajstić information content (AvgIpc) is 2.49. The lowest BCUT2D eigenvalue weighted by Gasteiger charge is -2.21. The van der Waals surface area contributed by atoms with E-state index in [1.807, 2.05) is 6.92 Å². The molecule has 1 unspecified atom stereocenters. The van der Waals surface area contributed by atoms with Crippen molar-refractivity contribution >= 4 is 32.4 Å². The first-order valence-electron chi connectivity index (χ1n) is 3.86. The Labute approximate surface area is 85.7 Å². The Bertz CT molecular complexity index is 249. The van der Waals surface area contributed by atoms with Gasteiger partial charge < -0.3 is 4.90 Å². The summed E-state index contributed by atoms with van der Waals surface area (Å²) < 4.78 is 0. The highest BCUT2D eigenvalue weighted by Crippen LogP contribution is 2.20. The van der Waals surface area contributed by atoms with Crippen molar-refractivity contribution in [3.05, 3.63) is 11.1 Å². The third kappa shape index (κ3) is 2.20. The summed E-state index contributed by atoms with van der Waals surface area (Å²) in [6.07, 6.45) is 0. The van der Waals surface area contributed by atoms with Crippen LogP contribution in [0.25, 0.3) is 0 Å². The largest absolute Gasteiger partial charge is 0.348 e. The van der Waals surface area contributed by atoms with Crippen molar-refractivity contribution in [1.82, 2.24) is 4.98 Å². The summed E-state index contributed by atoms with van der Waals surface area (Å²) in [5.74, 6) is 0. The van der Waals surface area contributed by atoms with Gasteiger partial charge in [0.1, 0.15) is 0 Å². The summed E-state index contributed by atoms with van der Waals surface area (Å²) in [5, 5.41) is 4.15. The lowest BCUT2D eigenvalue weighted by atomic mass is 10.4. The number of hydrogen-bond donors (Lipinski definition) is 0. The zero-order chi connectivity index (χ0) is 9.14. The molecule has 1 rings (SSSR count). The van der Waals surface area contributed by atoms with Crippen LogP contribution < -0.4 is 4.90 Å². The second kappa shape index (κ2) is 4.23. The molecule has 0 aromatic carbocycles. The monoisotopic (exact) mass is 248 g/mol. The maximum atomic E-state index is 4.40. The van der Waals surface area contributed by atoms with Crippen LogP contribution in [-0.2, 0) is 0 Å². The second-order valence-electron chi connectivity index (χ2n) is 2.89. The number of nitrogens with zero attached hydrogens (tertiary/aromatic N) is 2. The van der Waals surface area contributed by atoms with Gasteiger partial charge in [-0.2, -0.15) is 0 Å². The molecule has 1 heterocycles. The number of anilines is 1. The van der Waals surface area contributed by atoms with E-state index in [1.165, 1.54) is 0 Å². The molecule has 68 valence electrons. The highest BCUT2D eigenvalue weighted by Gasteiger charge is 2.10. The van der Waals surface area contributed by atoms with E-state index < -0.39 is 0 Å². The molecular weight excluding hydrogens is 236 g/mol. The topological polar surface area (TPSA) is 16.1 Å². The van der Waals surface area contributed by atoms with Crippen LogP contribution in [0.15, 0.2) is 5.38 Å². The highest BCUT2D eigenvalue weighted by molar-refractivity contribution is 9.09. The summed E-state index contributed by atoms with van der Waals surface area (Å²) in [4.78, 5) is 6.59. The molecule has 0 radical (unpaired) electrons. The Balaban J connectivity index is 2.70. The maximum absolute atomic E-state index is 4.40. The summed E-state index contributed by atoms with van der Waals surface area (Å²) in [6.45, 7) is 4.19. The molecule has 0 aliphatic rings. The fourth-order valence-electron chi connectivity index (χ4n) is 0.796. The van der Waals surface area contributed by atoms with Crippen LogP contribution in [0.1, 0.15) is 12.6 Å². The van der Waals surface area contributed by atoms with Gasteiger partial charge >= 0.3 is 0 Å². The molecule has 1 atom stereocenters. The number of aromatic nitrogens is 1. The SMILES string of the molecule is Cc1csc(N(C)C(C)CBr)n1. The van der Waals surface area contributed by atoms with Gasteiger partial charge in [-0.1, -0.05) is 15.9 Å². The molecular formula is C8H13BrN2S. The molecule has 1 aromatic rings. The van der Waals surface area contributed by atoms with Crippen molar-refractivity contribution in [2.45, 2.75) is 19.9 Å². The van der Waals surface area contributed by atoms with Gasteiger partial charge in [-0.3, -0.25) is 0 Å². The first-order chi connectivity index (χ1) is 5.65. The number of alkyl halides is 1. The summed E-state index contributed by atoms with van der Waals surface area (Å²) in [7, 11) is 2.07.